The Morgan fingerprint density at radius 3 is 1.62 bits per heavy atom. The standard InChI is InChI=1S/C70H74BN3OS/c1-65(2,3)45-23-29-49(30-24-45)72-56-41-51(74-55-33-22-44(43-20-16-15-17-21-43)38-54(55)69(13)36-18-19-37-70(69,74)14)42-57-60(56)71(63-61(72)52-39-47(67(7,8)9)27-34-58(52)75-63)64-62(53-40-48(68(10,11)12)28-35-59(53)76-64)73(57)50-31-25-46(26-32-50)66(4,5)6/h15-17,20-35,38-42H,18-19,36-37H2,1-14H3. The molecule has 2 atom stereocenters. The molecule has 1 saturated carbocycles. The summed E-state index contributed by atoms with van der Waals surface area (Å²) in [6, 6.07) is 56.8. The molecule has 0 radical (unpaired) electrons. The zero-order chi connectivity index (χ0) is 53.2. The molecule has 0 amide bonds. The Hall–Kier alpha value is -6.50. The first-order chi connectivity index (χ1) is 35.9. The van der Waals surface area contributed by atoms with Crippen LogP contribution in [0.2, 0.25) is 0 Å². The van der Waals surface area contributed by atoms with E-state index in [1.54, 1.807) is 0 Å². The summed E-state index contributed by atoms with van der Waals surface area (Å²) in [5.41, 5.74) is 21.8. The molecule has 7 aromatic carbocycles. The van der Waals surface area contributed by atoms with Crippen molar-refractivity contribution in [2.45, 2.75) is 155 Å². The van der Waals surface area contributed by atoms with E-state index >= 15 is 0 Å². The Kier molecular flexibility index (Phi) is 10.7. The molecule has 3 aliphatic heterocycles. The van der Waals surface area contributed by atoms with E-state index < -0.39 is 0 Å². The van der Waals surface area contributed by atoms with Gasteiger partial charge in [-0.05, 0) is 159 Å². The maximum atomic E-state index is 7.52. The van der Waals surface area contributed by atoms with Crippen molar-refractivity contribution in [3.05, 3.63) is 173 Å². The number of hydrogen-bond acceptors (Lipinski definition) is 5. The number of fused-ring (bicyclic) bond motifs is 11. The molecule has 4 nitrogen and oxygen atoms in total. The first kappa shape index (κ1) is 49.1. The van der Waals surface area contributed by atoms with Gasteiger partial charge in [0.15, 0.2) is 0 Å². The minimum Gasteiger partial charge on any atom is -0.468 e. The van der Waals surface area contributed by atoms with E-state index in [1.165, 1.54) is 106 Å². The van der Waals surface area contributed by atoms with Crippen molar-refractivity contribution in [1.29, 1.82) is 0 Å². The van der Waals surface area contributed by atoms with Crippen LogP contribution in [0.25, 0.3) is 32.2 Å². The zero-order valence-corrected chi connectivity index (χ0v) is 48.2. The summed E-state index contributed by atoms with van der Waals surface area (Å²) in [7, 11) is 0. The molecule has 2 unspecified atom stereocenters. The van der Waals surface area contributed by atoms with Crippen LogP contribution < -0.4 is 30.6 Å². The minimum atomic E-state index is -0.193. The molecule has 5 heterocycles. The van der Waals surface area contributed by atoms with Gasteiger partial charge < -0.3 is 19.1 Å². The first-order valence-electron chi connectivity index (χ1n) is 28.1. The van der Waals surface area contributed by atoms with Crippen molar-refractivity contribution in [3.8, 4) is 11.1 Å². The highest BCUT2D eigenvalue weighted by Gasteiger charge is 2.58. The van der Waals surface area contributed by atoms with Crippen LogP contribution in [0, 0.1) is 0 Å². The van der Waals surface area contributed by atoms with E-state index in [2.05, 4.69) is 257 Å². The van der Waals surface area contributed by atoms with Crippen LogP contribution in [-0.2, 0) is 27.1 Å². The molecule has 0 bridgehead atoms. The van der Waals surface area contributed by atoms with Crippen molar-refractivity contribution in [2.24, 2.45) is 0 Å². The van der Waals surface area contributed by atoms with Crippen LogP contribution >= 0.6 is 11.3 Å². The van der Waals surface area contributed by atoms with E-state index in [4.69, 9.17) is 4.42 Å². The van der Waals surface area contributed by atoms with Crippen molar-refractivity contribution < 1.29 is 4.42 Å². The SMILES string of the molecule is CC(C)(C)c1ccc(N2c3cc(N4c5ccc(-c6ccccc6)cc5C5(C)CCCCC45C)cc4c3B(c3oc5ccc(C(C)(C)C)cc5c32)c2sc3ccc(C(C)(C)C)cc3c2N4c2ccc(C(C)(C)C)cc2)cc1. The van der Waals surface area contributed by atoms with Gasteiger partial charge in [0, 0.05) is 59.8 Å². The summed E-state index contributed by atoms with van der Waals surface area (Å²) in [5.74, 6) is 0. The molecule has 1 fully saturated rings. The lowest BCUT2D eigenvalue weighted by Crippen LogP contribution is -2.60. The maximum absolute atomic E-state index is 7.52. The van der Waals surface area contributed by atoms with Crippen molar-refractivity contribution >= 4 is 101 Å². The van der Waals surface area contributed by atoms with Gasteiger partial charge in [-0.3, -0.25) is 0 Å². The summed E-state index contributed by atoms with van der Waals surface area (Å²) in [5, 5.41) is 2.45. The average Bonchev–Trinajstić information content (AvgIpc) is 4.11. The van der Waals surface area contributed by atoms with Crippen molar-refractivity contribution in [1.82, 2.24) is 0 Å². The number of nitrogens with zero attached hydrogens (tertiary/aromatic N) is 3. The molecular weight excluding hydrogens is 942 g/mol. The van der Waals surface area contributed by atoms with Crippen LogP contribution in [0.5, 0.6) is 0 Å². The number of hydrogen-bond donors (Lipinski definition) is 0. The fraction of sp³-hybridized carbons (Fsp3) is 0.343. The number of thiophene rings is 1. The lowest BCUT2D eigenvalue weighted by atomic mass is 9.38. The average molecular weight is 1020 g/mol. The molecule has 0 spiro atoms. The smallest absolute Gasteiger partial charge is 0.309 e. The van der Waals surface area contributed by atoms with Crippen molar-refractivity contribution in [3.63, 3.8) is 0 Å². The second-order valence-corrected chi connectivity index (χ2v) is 28.5. The van der Waals surface area contributed by atoms with Crippen LogP contribution in [0.15, 0.2) is 150 Å². The molecule has 13 rings (SSSR count). The van der Waals surface area contributed by atoms with E-state index in [1.807, 2.05) is 11.3 Å². The molecule has 1 aliphatic carbocycles. The minimum absolute atomic E-state index is 0.00119. The fourth-order valence-electron chi connectivity index (χ4n) is 13.7. The molecule has 2 aromatic heterocycles. The molecule has 76 heavy (non-hydrogen) atoms. The summed E-state index contributed by atoms with van der Waals surface area (Å²) in [4.78, 5) is 8.08. The summed E-state index contributed by atoms with van der Waals surface area (Å²) >= 11 is 1.95. The number of benzene rings is 7. The topological polar surface area (TPSA) is 22.9 Å². The Morgan fingerprint density at radius 2 is 1.03 bits per heavy atom. The largest absolute Gasteiger partial charge is 0.468 e. The Morgan fingerprint density at radius 1 is 0.487 bits per heavy atom. The van der Waals surface area contributed by atoms with Crippen LogP contribution in [-0.4, -0.2) is 12.3 Å². The quantitative estimate of drug-likeness (QED) is 0.164. The third-order valence-electron chi connectivity index (χ3n) is 18.4. The van der Waals surface area contributed by atoms with Gasteiger partial charge >= 0.3 is 6.71 Å². The molecule has 9 aromatic rings. The van der Waals surface area contributed by atoms with Gasteiger partial charge in [0.2, 0.25) is 0 Å². The lowest BCUT2D eigenvalue weighted by molar-refractivity contribution is 0.195. The molecule has 0 N–H and O–H groups in total. The first-order valence-corrected chi connectivity index (χ1v) is 28.9. The summed E-state index contributed by atoms with van der Waals surface area (Å²) < 4.78 is 10.1. The highest BCUT2D eigenvalue weighted by Crippen LogP contribution is 2.63. The van der Waals surface area contributed by atoms with E-state index in [0.29, 0.717) is 0 Å². The van der Waals surface area contributed by atoms with Gasteiger partial charge in [-0.1, -0.05) is 176 Å². The van der Waals surface area contributed by atoms with Gasteiger partial charge in [0.1, 0.15) is 11.2 Å². The number of anilines is 8. The maximum Gasteiger partial charge on any atom is 0.309 e. The molecule has 0 saturated heterocycles. The normalized spacial score (nSPS) is 19.2. The zero-order valence-electron chi connectivity index (χ0n) is 47.4. The van der Waals surface area contributed by atoms with E-state index in [0.717, 1.165) is 40.8 Å². The second kappa shape index (κ2) is 16.5. The Labute approximate surface area is 456 Å². The lowest BCUT2D eigenvalue weighted by Gasteiger charge is -2.51. The highest BCUT2D eigenvalue weighted by atomic mass is 32.1. The Bertz CT molecular complexity index is 3620. The molecular formula is C70H74BN3OS. The van der Waals surface area contributed by atoms with Crippen molar-refractivity contribution in [2.75, 3.05) is 14.7 Å². The molecule has 4 aliphatic rings. The third kappa shape index (κ3) is 7.28. The monoisotopic (exact) mass is 1020 g/mol. The molecule has 384 valence electrons. The fourth-order valence-corrected chi connectivity index (χ4v) is 15.0. The highest BCUT2D eigenvalue weighted by molar-refractivity contribution is 7.33. The number of rotatable bonds is 4. The van der Waals surface area contributed by atoms with Gasteiger partial charge in [-0.2, -0.15) is 0 Å². The van der Waals surface area contributed by atoms with Crippen LogP contribution in [0.4, 0.5) is 45.5 Å². The van der Waals surface area contributed by atoms with Gasteiger partial charge in [0.05, 0.1) is 16.9 Å². The van der Waals surface area contributed by atoms with Crippen LogP contribution in [0.1, 0.15) is 150 Å². The van der Waals surface area contributed by atoms with E-state index in [-0.39, 0.29) is 39.3 Å². The Balaban J connectivity index is 1.17. The predicted octanol–water partition coefficient (Wildman–Crippen LogP) is 18.3. The number of furan rings is 1. The van der Waals surface area contributed by atoms with Gasteiger partial charge in [-0.15, -0.1) is 11.3 Å². The third-order valence-corrected chi connectivity index (χ3v) is 19.6. The van der Waals surface area contributed by atoms with Gasteiger partial charge in [0.25, 0.3) is 0 Å². The second-order valence-electron chi connectivity index (χ2n) is 27.4. The summed E-state index contributed by atoms with van der Waals surface area (Å²) in [6.07, 6.45) is 4.66. The van der Waals surface area contributed by atoms with E-state index in [9.17, 15) is 0 Å². The summed E-state index contributed by atoms with van der Waals surface area (Å²) in [6.45, 7) is 32.9. The predicted molar refractivity (Wildman–Crippen MR) is 329 cm³/mol. The van der Waals surface area contributed by atoms with Gasteiger partial charge in [-0.25, -0.2) is 0 Å². The molecule has 6 heteroatoms. The van der Waals surface area contributed by atoms with Crippen LogP contribution in [0.3, 0.4) is 0 Å².